The van der Waals surface area contributed by atoms with Crippen LogP contribution in [0.4, 0.5) is 0 Å². The lowest BCUT2D eigenvalue weighted by atomic mass is 10.1. The molecule has 0 fully saturated rings. The summed E-state index contributed by atoms with van der Waals surface area (Å²) in [5, 5.41) is 13.7. The molecule has 1 heterocycles. The van der Waals surface area contributed by atoms with E-state index in [4.69, 9.17) is 5.26 Å². The highest BCUT2D eigenvalue weighted by atomic mass is 32.1. The third-order valence-electron chi connectivity index (χ3n) is 3.11. The Morgan fingerprint density at radius 1 is 1.30 bits per heavy atom. The van der Waals surface area contributed by atoms with Crippen LogP contribution >= 0.6 is 11.3 Å². The average Bonchev–Trinajstić information content (AvgIpc) is 2.93. The van der Waals surface area contributed by atoms with Crippen LogP contribution in [0.25, 0.3) is 0 Å². The fourth-order valence-electron chi connectivity index (χ4n) is 1.96. The van der Waals surface area contributed by atoms with Gasteiger partial charge in [-0.05, 0) is 41.1 Å². The number of nitriles is 1. The zero-order valence-corrected chi connectivity index (χ0v) is 12.2. The first-order chi connectivity index (χ1) is 9.72. The minimum atomic E-state index is 0.00478. The van der Waals surface area contributed by atoms with Crippen LogP contribution in [0.5, 0.6) is 0 Å². The molecule has 0 aliphatic carbocycles. The molecule has 0 atom stereocenters. The predicted molar refractivity (Wildman–Crippen MR) is 80.4 cm³/mol. The molecule has 1 N–H and O–H groups in total. The number of carbonyl (C=O) groups excluding carboxylic acids is 1. The van der Waals surface area contributed by atoms with Crippen molar-refractivity contribution in [3.05, 3.63) is 57.3 Å². The van der Waals surface area contributed by atoms with E-state index in [1.54, 1.807) is 23.5 Å². The first-order valence-electron chi connectivity index (χ1n) is 6.54. The lowest BCUT2D eigenvalue weighted by Crippen LogP contribution is -2.24. The fraction of sp³-hybridized carbons (Fsp3) is 0.250. The van der Waals surface area contributed by atoms with Crippen LogP contribution < -0.4 is 5.32 Å². The summed E-state index contributed by atoms with van der Waals surface area (Å²) in [7, 11) is 0. The summed E-state index contributed by atoms with van der Waals surface area (Å²) in [4.78, 5) is 13.1. The summed E-state index contributed by atoms with van der Waals surface area (Å²) in [6.07, 6.45) is 1.34. The Kier molecular flexibility index (Phi) is 4.91. The molecule has 102 valence electrons. The molecule has 4 heteroatoms. The molecule has 0 saturated heterocycles. The normalized spacial score (nSPS) is 10.0. The Morgan fingerprint density at radius 3 is 2.70 bits per heavy atom. The van der Waals surface area contributed by atoms with Gasteiger partial charge in [0, 0.05) is 4.88 Å². The van der Waals surface area contributed by atoms with Gasteiger partial charge in [-0.3, -0.25) is 4.79 Å². The summed E-state index contributed by atoms with van der Waals surface area (Å²) in [5.74, 6) is 0.00478. The maximum Gasteiger partial charge on any atom is 0.224 e. The molecule has 0 aliphatic rings. The highest BCUT2D eigenvalue weighted by Crippen LogP contribution is 2.16. The van der Waals surface area contributed by atoms with E-state index < -0.39 is 0 Å². The highest BCUT2D eigenvalue weighted by Gasteiger charge is 2.06. The van der Waals surface area contributed by atoms with Crippen molar-refractivity contribution in [2.75, 3.05) is 0 Å². The Hall–Kier alpha value is -2.12. The number of benzene rings is 1. The number of rotatable bonds is 5. The van der Waals surface area contributed by atoms with Gasteiger partial charge in [-0.1, -0.05) is 19.1 Å². The maximum absolute atomic E-state index is 11.9. The number of amides is 1. The van der Waals surface area contributed by atoms with Gasteiger partial charge in [0.25, 0.3) is 0 Å². The van der Waals surface area contributed by atoms with E-state index in [-0.39, 0.29) is 5.91 Å². The lowest BCUT2D eigenvalue weighted by Gasteiger charge is -2.06. The number of thiophene rings is 1. The second-order valence-electron chi connectivity index (χ2n) is 4.48. The van der Waals surface area contributed by atoms with Crippen LogP contribution in [-0.2, 0) is 24.2 Å². The third kappa shape index (κ3) is 3.69. The second kappa shape index (κ2) is 6.88. The van der Waals surface area contributed by atoms with Crippen molar-refractivity contribution in [1.29, 1.82) is 5.26 Å². The molecule has 0 aliphatic heterocycles. The monoisotopic (exact) mass is 284 g/mol. The van der Waals surface area contributed by atoms with E-state index >= 15 is 0 Å². The molecule has 2 aromatic rings. The average molecular weight is 284 g/mol. The molecule has 3 nitrogen and oxygen atoms in total. The zero-order chi connectivity index (χ0) is 14.4. The number of nitrogens with zero attached hydrogens (tertiary/aromatic N) is 1. The van der Waals surface area contributed by atoms with Crippen LogP contribution in [0.1, 0.15) is 28.5 Å². The van der Waals surface area contributed by atoms with Crippen molar-refractivity contribution in [2.24, 2.45) is 0 Å². The van der Waals surface area contributed by atoms with Crippen molar-refractivity contribution in [1.82, 2.24) is 5.32 Å². The van der Waals surface area contributed by atoms with E-state index in [2.05, 4.69) is 29.8 Å². The van der Waals surface area contributed by atoms with Gasteiger partial charge in [0.15, 0.2) is 0 Å². The summed E-state index contributed by atoms with van der Waals surface area (Å²) in [6, 6.07) is 11.3. The Labute approximate surface area is 122 Å². The number of hydrogen-bond donors (Lipinski definition) is 1. The molecule has 0 saturated carbocycles. The molecule has 1 amide bonds. The van der Waals surface area contributed by atoms with Crippen LogP contribution in [0.3, 0.4) is 0 Å². The van der Waals surface area contributed by atoms with Crippen molar-refractivity contribution in [2.45, 2.75) is 26.3 Å². The number of nitrogens with one attached hydrogen (secondary N) is 1. The molecule has 1 aromatic heterocycles. The first-order valence-corrected chi connectivity index (χ1v) is 7.42. The molecular formula is C16H16N2OS. The van der Waals surface area contributed by atoms with Gasteiger partial charge in [0.2, 0.25) is 5.91 Å². The Balaban J connectivity index is 1.88. The van der Waals surface area contributed by atoms with Gasteiger partial charge in [0.1, 0.15) is 0 Å². The summed E-state index contributed by atoms with van der Waals surface area (Å²) in [5.41, 5.74) is 2.83. The van der Waals surface area contributed by atoms with Crippen LogP contribution in [-0.4, -0.2) is 5.91 Å². The van der Waals surface area contributed by atoms with Crippen molar-refractivity contribution in [3.8, 4) is 6.07 Å². The standard InChI is InChI=1S/C16H16N2OS/c1-2-14-7-8-20-15(14)11-18-16(19)9-12-3-5-13(10-17)6-4-12/h3-8H,2,9,11H2,1H3,(H,18,19). The Morgan fingerprint density at radius 2 is 2.05 bits per heavy atom. The molecule has 20 heavy (non-hydrogen) atoms. The van der Waals surface area contributed by atoms with Crippen LogP contribution in [0, 0.1) is 11.3 Å². The summed E-state index contributed by atoms with van der Waals surface area (Å²) >= 11 is 1.68. The predicted octanol–water partition coefficient (Wildman–Crippen LogP) is 3.04. The molecule has 0 radical (unpaired) electrons. The van der Waals surface area contributed by atoms with Gasteiger partial charge < -0.3 is 5.32 Å². The van der Waals surface area contributed by atoms with Gasteiger partial charge >= 0.3 is 0 Å². The minimum Gasteiger partial charge on any atom is -0.351 e. The number of aryl methyl sites for hydroxylation is 1. The van der Waals surface area contributed by atoms with E-state index in [0.29, 0.717) is 18.5 Å². The van der Waals surface area contributed by atoms with E-state index in [9.17, 15) is 4.79 Å². The molecule has 0 bridgehead atoms. The smallest absolute Gasteiger partial charge is 0.224 e. The largest absolute Gasteiger partial charge is 0.351 e. The van der Waals surface area contributed by atoms with Crippen LogP contribution in [0.2, 0.25) is 0 Å². The third-order valence-corrected chi connectivity index (χ3v) is 4.08. The summed E-state index contributed by atoms with van der Waals surface area (Å²) in [6.45, 7) is 2.71. The van der Waals surface area contributed by atoms with Crippen molar-refractivity contribution in [3.63, 3.8) is 0 Å². The lowest BCUT2D eigenvalue weighted by molar-refractivity contribution is -0.120. The topological polar surface area (TPSA) is 52.9 Å². The Bertz CT molecular complexity index is 623. The van der Waals surface area contributed by atoms with Gasteiger partial charge in [-0.15, -0.1) is 11.3 Å². The van der Waals surface area contributed by atoms with Gasteiger partial charge in [0.05, 0.1) is 24.6 Å². The van der Waals surface area contributed by atoms with Gasteiger partial charge in [-0.2, -0.15) is 5.26 Å². The van der Waals surface area contributed by atoms with Gasteiger partial charge in [-0.25, -0.2) is 0 Å². The van der Waals surface area contributed by atoms with E-state index in [0.717, 1.165) is 12.0 Å². The molecule has 0 unspecified atom stereocenters. The maximum atomic E-state index is 11.9. The second-order valence-corrected chi connectivity index (χ2v) is 5.49. The molecule has 0 spiro atoms. The summed E-state index contributed by atoms with van der Waals surface area (Å²) < 4.78 is 0. The number of carbonyl (C=O) groups is 1. The first kappa shape index (κ1) is 14.3. The molecular weight excluding hydrogens is 268 g/mol. The van der Waals surface area contributed by atoms with Crippen molar-refractivity contribution < 1.29 is 4.79 Å². The van der Waals surface area contributed by atoms with Crippen molar-refractivity contribution >= 4 is 17.2 Å². The molecule has 2 rings (SSSR count). The highest BCUT2D eigenvalue weighted by molar-refractivity contribution is 7.10. The zero-order valence-electron chi connectivity index (χ0n) is 11.3. The fourth-order valence-corrected chi connectivity index (χ4v) is 2.88. The van der Waals surface area contributed by atoms with Crippen LogP contribution in [0.15, 0.2) is 35.7 Å². The number of hydrogen-bond acceptors (Lipinski definition) is 3. The minimum absolute atomic E-state index is 0.00478. The van der Waals surface area contributed by atoms with E-state index in [1.807, 2.05) is 12.1 Å². The quantitative estimate of drug-likeness (QED) is 0.917. The van der Waals surface area contributed by atoms with E-state index in [1.165, 1.54) is 10.4 Å². The molecule has 1 aromatic carbocycles. The SMILES string of the molecule is CCc1ccsc1CNC(=O)Cc1ccc(C#N)cc1.